The summed E-state index contributed by atoms with van der Waals surface area (Å²) >= 11 is 0. The van der Waals surface area contributed by atoms with Gasteiger partial charge in [0.1, 0.15) is 0 Å². The second-order valence-corrected chi connectivity index (χ2v) is 5.57. The zero-order valence-corrected chi connectivity index (χ0v) is 11.3. The Labute approximate surface area is 107 Å². The minimum atomic E-state index is -0.760. The molecule has 1 N–H and O–H groups in total. The molecule has 0 bridgehead atoms. The summed E-state index contributed by atoms with van der Waals surface area (Å²) in [5.74, 6) is -0.760. The molecule has 96 valence electrons. The smallest absolute Gasteiger partial charge is 0.309 e. The highest BCUT2D eigenvalue weighted by molar-refractivity contribution is 5.85. The molecular formula is C15H19NO2. The molecule has 0 amide bonds. The second-order valence-electron chi connectivity index (χ2n) is 5.57. The number of hydrogen-bond donors (Lipinski definition) is 1. The van der Waals surface area contributed by atoms with Crippen LogP contribution in [0.15, 0.2) is 24.3 Å². The Morgan fingerprint density at radius 3 is 2.61 bits per heavy atom. The van der Waals surface area contributed by atoms with Crippen molar-refractivity contribution in [2.45, 2.75) is 27.2 Å². The van der Waals surface area contributed by atoms with Crippen molar-refractivity contribution in [3.8, 4) is 0 Å². The Kier molecular flexibility index (Phi) is 2.93. The van der Waals surface area contributed by atoms with Crippen LogP contribution in [-0.2, 0) is 18.3 Å². The number of hydrogen-bond acceptors (Lipinski definition) is 1. The van der Waals surface area contributed by atoms with E-state index in [4.69, 9.17) is 0 Å². The Bertz CT molecular complexity index is 608. The third-order valence-corrected chi connectivity index (χ3v) is 3.61. The summed E-state index contributed by atoms with van der Waals surface area (Å²) in [5, 5.41) is 10.4. The molecule has 1 aromatic heterocycles. The van der Waals surface area contributed by atoms with Crippen molar-refractivity contribution >= 4 is 16.9 Å². The summed E-state index contributed by atoms with van der Waals surface area (Å²) < 4.78 is 2.09. The number of fused-ring (bicyclic) bond motifs is 1. The third-order valence-electron chi connectivity index (χ3n) is 3.61. The first-order valence-corrected chi connectivity index (χ1v) is 6.10. The summed E-state index contributed by atoms with van der Waals surface area (Å²) in [6.07, 6.45) is 0.535. The normalized spacial score (nSPS) is 12.0. The van der Waals surface area contributed by atoms with E-state index in [2.05, 4.69) is 29.7 Å². The van der Waals surface area contributed by atoms with Gasteiger partial charge in [0.25, 0.3) is 0 Å². The van der Waals surface area contributed by atoms with Crippen LogP contribution >= 0.6 is 0 Å². The number of benzene rings is 1. The Morgan fingerprint density at radius 1 is 1.39 bits per heavy atom. The van der Waals surface area contributed by atoms with Crippen LogP contribution in [0.25, 0.3) is 10.9 Å². The molecule has 1 aromatic carbocycles. The van der Waals surface area contributed by atoms with Gasteiger partial charge in [0, 0.05) is 30.1 Å². The SMILES string of the molecule is Cc1cccc2c1cc(CC(C)(C)C(=O)O)n2C. The van der Waals surface area contributed by atoms with Crippen molar-refractivity contribution in [2.75, 3.05) is 0 Å². The standard InChI is InChI=1S/C15H19NO2/c1-10-6-5-7-13-12(10)8-11(16(13)4)9-15(2,3)14(17)18/h5-8H,9H2,1-4H3,(H,17,18). The summed E-state index contributed by atoms with van der Waals surface area (Å²) in [7, 11) is 2.00. The van der Waals surface area contributed by atoms with Crippen LogP contribution in [0.4, 0.5) is 0 Å². The molecule has 1 heterocycles. The lowest BCUT2D eigenvalue weighted by atomic mass is 9.88. The average Bonchev–Trinajstić information content (AvgIpc) is 2.58. The number of carboxylic acid groups (broad SMARTS) is 1. The first-order chi connectivity index (χ1) is 8.33. The maximum absolute atomic E-state index is 11.2. The van der Waals surface area contributed by atoms with Crippen LogP contribution in [0.3, 0.4) is 0 Å². The van der Waals surface area contributed by atoms with Gasteiger partial charge in [-0.3, -0.25) is 4.79 Å². The zero-order valence-electron chi connectivity index (χ0n) is 11.3. The van der Waals surface area contributed by atoms with Crippen LogP contribution in [0.5, 0.6) is 0 Å². The molecule has 0 fully saturated rings. The van der Waals surface area contributed by atoms with Gasteiger partial charge in [-0.1, -0.05) is 12.1 Å². The van der Waals surface area contributed by atoms with Gasteiger partial charge in [-0.05, 0) is 38.5 Å². The van der Waals surface area contributed by atoms with Crippen molar-refractivity contribution in [2.24, 2.45) is 12.5 Å². The van der Waals surface area contributed by atoms with Crippen molar-refractivity contribution in [3.05, 3.63) is 35.5 Å². The molecule has 18 heavy (non-hydrogen) atoms. The van der Waals surface area contributed by atoms with Crippen molar-refractivity contribution < 1.29 is 9.90 Å². The lowest BCUT2D eigenvalue weighted by Crippen LogP contribution is -2.27. The number of carboxylic acids is 1. The average molecular weight is 245 g/mol. The number of aryl methyl sites for hydroxylation is 2. The lowest BCUT2D eigenvalue weighted by Gasteiger charge is -2.19. The van der Waals surface area contributed by atoms with Crippen molar-refractivity contribution in [3.63, 3.8) is 0 Å². The molecule has 2 rings (SSSR count). The van der Waals surface area contributed by atoms with Crippen LogP contribution in [-0.4, -0.2) is 15.6 Å². The van der Waals surface area contributed by atoms with Gasteiger partial charge >= 0.3 is 5.97 Å². The van der Waals surface area contributed by atoms with Gasteiger partial charge in [-0.15, -0.1) is 0 Å². The van der Waals surface area contributed by atoms with Gasteiger partial charge in [-0.25, -0.2) is 0 Å². The summed E-state index contributed by atoms with van der Waals surface area (Å²) in [4.78, 5) is 11.2. The number of nitrogens with zero attached hydrogens (tertiary/aromatic N) is 1. The lowest BCUT2D eigenvalue weighted by molar-refractivity contribution is -0.146. The highest BCUT2D eigenvalue weighted by atomic mass is 16.4. The predicted octanol–water partition coefficient (Wildman–Crippen LogP) is 3.14. The van der Waals surface area contributed by atoms with E-state index in [9.17, 15) is 9.90 Å². The molecular weight excluding hydrogens is 226 g/mol. The minimum absolute atomic E-state index is 0.535. The molecule has 3 heteroatoms. The Balaban J connectivity index is 2.50. The quantitative estimate of drug-likeness (QED) is 0.902. The number of aromatic nitrogens is 1. The molecule has 0 aliphatic rings. The fourth-order valence-electron chi connectivity index (χ4n) is 2.26. The zero-order chi connectivity index (χ0) is 13.5. The van der Waals surface area contributed by atoms with Crippen molar-refractivity contribution in [1.82, 2.24) is 4.57 Å². The van der Waals surface area contributed by atoms with Gasteiger partial charge < -0.3 is 9.67 Å². The molecule has 0 aliphatic carbocycles. The number of aliphatic carboxylic acids is 1. The molecule has 0 saturated carbocycles. The highest BCUT2D eigenvalue weighted by Gasteiger charge is 2.28. The van der Waals surface area contributed by atoms with Gasteiger partial charge in [-0.2, -0.15) is 0 Å². The summed E-state index contributed by atoms with van der Waals surface area (Å²) in [6, 6.07) is 8.28. The molecule has 2 aromatic rings. The van der Waals surface area contributed by atoms with E-state index in [1.165, 1.54) is 10.9 Å². The summed E-state index contributed by atoms with van der Waals surface area (Å²) in [5.41, 5.74) is 2.70. The molecule has 0 spiro atoms. The maximum Gasteiger partial charge on any atom is 0.309 e. The second kappa shape index (κ2) is 4.16. The first kappa shape index (κ1) is 12.7. The third kappa shape index (κ3) is 2.01. The first-order valence-electron chi connectivity index (χ1n) is 6.10. The van der Waals surface area contributed by atoms with Crippen molar-refractivity contribution in [1.29, 1.82) is 0 Å². The van der Waals surface area contributed by atoms with Crippen LogP contribution in [0, 0.1) is 12.3 Å². The largest absolute Gasteiger partial charge is 0.481 e. The topological polar surface area (TPSA) is 42.2 Å². The van der Waals surface area contributed by atoms with Crippen LogP contribution in [0.1, 0.15) is 25.1 Å². The van der Waals surface area contributed by atoms with E-state index >= 15 is 0 Å². The molecule has 0 aliphatic heterocycles. The predicted molar refractivity (Wildman–Crippen MR) is 72.8 cm³/mol. The Hall–Kier alpha value is -1.77. The van der Waals surface area contributed by atoms with E-state index < -0.39 is 11.4 Å². The molecule has 3 nitrogen and oxygen atoms in total. The Morgan fingerprint density at radius 2 is 2.06 bits per heavy atom. The fourth-order valence-corrected chi connectivity index (χ4v) is 2.26. The summed E-state index contributed by atoms with van der Waals surface area (Å²) in [6.45, 7) is 5.61. The molecule has 0 saturated heterocycles. The minimum Gasteiger partial charge on any atom is -0.481 e. The monoisotopic (exact) mass is 245 g/mol. The van der Waals surface area contributed by atoms with E-state index in [0.717, 1.165) is 11.2 Å². The van der Waals surface area contributed by atoms with Gasteiger partial charge in [0.2, 0.25) is 0 Å². The molecule has 0 atom stereocenters. The van der Waals surface area contributed by atoms with Crippen LogP contribution in [0.2, 0.25) is 0 Å². The van der Waals surface area contributed by atoms with E-state index in [1.807, 2.05) is 13.1 Å². The van der Waals surface area contributed by atoms with Crippen LogP contribution < -0.4 is 0 Å². The molecule has 0 unspecified atom stereocenters. The number of rotatable bonds is 3. The van der Waals surface area contributed by atoms with E-state index in [1.54, 1.807) is 13.8 Å². The van der Waals surface area contributed by atoms with Gasteiger partial charge in [0.05, 0.1) is 5.41 Å². The highest BCUT2D eigenvalue weighted by Crippen LogP contribution is 2.27. The van der Waals surface area contributed by atoms with E-state index in [-0.39, 0.29) is 0 Å². The van der Waals surface area contributed by atoms with E-state index in [0.29, 0.717) is 6.42 Å². The molecule has 0 radical (unpaired) electrons. The number of carbonyl (C=O) groups is 1. The maximum atomic E-state index is 11.2. The fraction of sp³-hybridized carbons (Fsp3) is 0.400. The van der Waals surface area contributed by atoms with Gasteiger partial charge in [0.15, 0.2) is 0 Å².